The molecule has 5 heterocycles. The Morgan fingerprint density at radius 3 is 1.75 bits per heavy atom. The molecular weight excluding hydrogens is 821 g/mol. The Balaban J connectivity index is 1.12. The number of hydrogen-bond acceptors (Lipinski definition) is 1. The summed E-state index contributed by atoms with van der Waals surface area (Å²) < 4.78 is 2.60. The summed E-state index contributed by atoms with van der Waals surface area (Å²) in [6.07, 6.45) is 19.7. The third-order valence-electron chi connectivity index (χ3n) is 17.9. The van der Waals surface area contributed by atoms with Gasteiger partial charge in [-0.15, -0.1) is 0 Å². The third-order valence-corrected chi connectivity index (χ3v) is 17.9. The Morgan fingerprint density at radius 1 is 0.412 bits per heavy atom. The molecule has 68 heavy (non-hydrogen) atoms. The van der Waals surface area contributed by atoms with Crippen LogP contribution in [0.1, 0.15) is 154 Å². The molecule has 9 aromatic rings. The van der Waals surface area contributed by atoms with Gasteiger partial charge in [0.15, 0.2) is 0 Å². The summed E-state index contributed by atoms with van der Waals surface area (Å²) >= 11 is 0. The summed E-state index contributed by atoms with van der Waals surface area (Å²) in [5.74, 6) is 1.78. The fraction of sp³-hybridized carbons (Fsp3) is 0.303. The van der Waals surface area contributed by atoms with Gasteiger partial charge in [-0.2, -0.15) is 0 Å². The zero-order valence-electron chi connectivity index (χ0n) is 39.7. The molecule has 8 aliphatic rings. The first-order valence-corrected chi connectivity index (χ1v) is 26.5. The van der Waals surface area contributed by atoms with Gasteiger partial charge in [0.2, 0.25) is 0 Å². The van der Waals surface area contributed by atoms with Crippen LogP contribution in [0.3, 0.4) is 0 Å². The van der Waals surface area contributed by atoms with Crippen molar-refractivity contribution >= 4 is 49.6 Å². The maximum Gasteiger partial charge on any atom is 0.0546 e. The smallest absolute Gasteiger partial charge is 0.0546 e. The van der Waals surface area contributed by atoms with E-state index in [2.05, 4.69) is 174 Å². The van der Waals surface area contributed by atoms with Crippen LogP contribution in [-0.2, 0) is 5.41 Å². The number of nitrogens with zero attached hydrogens (tertiary/aromatic N) is 2. The first-order chi connectivity index (χ1) is 33.6. The molecule has 1 atom stereocenters. The summed E-state index contributed by atoms with van der Waals surface area (Å²) in [7, 11) is 0. The van der Waals surface area contributed by atoms with Gasteiger partial charge in [0.25, 0.3) is 0 Å². The highest BCUT2D eigenvalue weighted by atomic mass is 15.1. The van der Waals surface area contributed by atoms with Gasteiger partial charge < -0.3 is 9.47 Å². The standard InChI is InChI=1S/C66H62N2/c1-66-51-36-50(45-21-9-4-10-22-45)39-54(41-51)68-62-28-16-14-26-57(62)59-40-47(30-33-63(59)68)65-55-24-12-11-23-46(55)29-34-64(65)67(52-31-32-61(66)58(42-52)56-25-13-15-27-60(56)66)53-37-48(43-17-5-2-6-18-43)35-49(38-53)44-19-7-3-8-20-44/h11-16,23-45H,2-10,17-22H2,1H3. The van der Waals surface area contributed by atoms with Crippen molar-refractivity contribution in [1.29, 1.82) is 0 Å². The largest absolute Gasteiger partial charge is 0.310 e. The van der Waals surface area contributed by atoms with Gasteiger partial charge in [-0.1, -0.05) is 155 Å². The molecule has 4 aliphatic carbocycles. The average molecular weight is 883 g/mol. The molecule has 1 aromatic heterocycles. The summed E-state index contributed by atoms with van der Waals surface area (Å²) in [5.41, 5.74) is 21.4. The molecule has 0 amide bonds. The molecular formula is C66H62N2. The lowest BCUT2D eigenvalue weighted by Crippen LogP contribution is -2.23. The van der Waals surface area contributed by atoms with Crippen LogP contribution in [0, 0.1) is 0 Å². The van der Waals surface area contributed by atoms with E-state index in [4.69, 9.17) is 0 Å². The van der Waals surface area contributed by atoms with E-state index in [1.54, 1.807) is 11.1 Å². The molecule has 0 radical (unpaired) electrons. The lowest BCUT2D eigenvalue weighted by molar-refractivity contribution is 0.435. The molecule has 3 saturated carbocycles. The zero-order valence-corrected chi connectivity index (χ0v) is 39.7. The van der Waals surface area contributed by atoms with E-state index in [0.29, 0.717) is 17.8 Å². The number of fused-ring (bicyclic) bond motifs is 3. The first kappa shape index (κ1) is 40.7. The van der Waals surface area contributed by atoms with E-state index >= 15 is 0 Å². The lowest BCUT2D eigenvalue weighted by Gasteiger charge is -2.33. The fourth-order valence-electron chi connectivity index (χ4n) is 14.4. The molecule has 4 aliphatic heterocycles. The molecule has 0 N–H and O–H groups in total. The normalized spacial score (nSPS) is 19.7. The maximum absolute atomic E-state index is 2.69. The molecule has 2 heteroatoms. The van der Waals surface area contributed by atoms with Crippen LogP contribution in [0.4, 0.5) is 17.1 Å². The highest BCUT2D eigenvalue weighted by Gasteiger charge is 2.42. The molecule has 17 rings (SSSR count). The Morgan fingerprint density at radius 2 is 1.01 bits per heavy atom. The highest BCUT2D eigenvalue weighted by molar-refractivity contribution is 6.13. The van der Waals surface area contributed by atoms with Crippen molar-refractivity contribution in [3.63, 3.8) is 0 Å². The van der Waals surface area contributed by atoms with Crippen LogP contribution < -0.4 is 4.90 Å². The van der Waals surface area contributed by atoms with Crippen LogP contribution >= 0.6 is 0 Å². The molecule has 1 unspecified atom stereocenters. The van der Waals surface area contributed by atoms with Crippen molar-refractivity contribution in [2.24, 2.45) is 0 Å². The van der Waals surface area contributed by atoms with E-state index < -0.39 is 0 Å². The minimum Gasteiger partial charge on any atom is -0.310 e. The number of aromatic nitrogens is 1. The number of hydrogen-bond donors (Lipinski definition) is 0. The van der Waals surface area contributed by atoms with Gasteiger partial charge in [0, 0.05) is 38.8 Å². The molecule has 0 spiro atoms. The first-order valence-electron chi connectivity index (χ1n) is 26.5. The average Bonchev–Trinajstić information content (AvgIpc) is 3.88. The minimum absolute atomic E-state index is 0.346. The molecule has 3 fully saturated rings. The van der Waals surface area contributed by atoms with Crippen LogP contribution in [0.2, 0.25) is 0 Å². The number of benzene rings is 8. The molecule has 0 saturated heterocycles. The molecule has 10 bridgehead atoms. The topological polar surface area (TPSA) is 8.17 Å². The van der Waals surface area contributed by atoms with Gasteiger partial charge in [-0.05, 0) is 185 Å². The van der Waals surface area contributed by atoms with Crippen LogP contribution in [0.15, 0.2) is 158 Å². The second-order valence-corrected chi connectivity index (χ2v) is 21.7. The second kappa shape index (κ2) is 16.1. The van der Waals surface area contributed by atoms with E-state index in [-0.39, 0.29) is 5.41 Å². The van der Waals surface area contributed by atoms with Crippen molar-refractivity contribution in [2.75, 3.05) is 4.90 Å². The predicted octanol–water partition coefficient (Wildman–Crippen LogP) is 18.9. The highest BCUT2D eigenvalue weighted by Crippen LogP contribution is 2.56. The van der Waals surface area contributed by atoms with Crippen molar-refractivity contribution in [3.05, 3.63) is 191 Å². The summed E-state index contributed by atoms with van der Waals surface area (Å²) in [5, 5.41) is 5.18. The summed E-state index contributed by atoms with van der Waals surface area (Å²) in [6.45, 7) is 2.53. The van der Waals surface area contributed by atoms with Gasteiger partial charge in [0.05, 0.1) is 16.7 Å². The van der Waals surface area contributed by atoms with Crippen LogP contribution in [0.5, 0.6) is 0 Å². The second-order valence-electron chi connectivity index (χ2n) is 21.7. The number of para-hydroxylation sites is 1. The summed E-state index contributed by atoms with van der Waals surface area (Å²) in [4.78, 5) is 2.69. The van der Waals surface area contributed by atoms with Crippen molar-refractivity contribution < 1.29 is 0 Å². The van der Waals surface area contributed by atoms with Gasteiger partial charge in [0.1, 0.15) is 0 Å². The Hall–Kier alpha value is -6.38. The Bertz CT molecular complexity index is 3400. The summed E-state index contributed by atoms with van der Waals surface area (Å²) in [6, 6.07) is 63.2. The molecule has 8 aromatic carbocycles. The third kappa shape index (κ3) is 6.35. The van der Waals surface area contributed by atoms with Crippen molar-refractivity contribution in [1.82, 2.24) is 4.57 Å². The van der Waals surface area contributed by atoms with E-state index in [1.165, 1.54) is 196 Å². The molecule has 336 valence electrons. The molecule has 2 nitrogen and oxygen atoms in total. The van der Waals surface area contributed by atoms with E-state index in [1.807, 2.05) is 0 Å². The SMILES string of the molecule is CC12c3cc(C4CCCCC4)cc(c3)-n3c4ccccc4c4cc(ccc43)-c3c(ccc4ccccc34)N(c3cc(C4CCCCC4)cc(C4CCCCC4)c3)c3ccc1c(c3)-c1ccccc12. The maximum atomic E-state index is 2.69. The number of rotatable bonds is 4. The quantitative estimate of drug-likeness (QED) is 0.171. The van der Waals surface area contributed by atoms with E-state index in [0.717, 1.165) is 0 Å². The Kier molecular flexibility index (Phi) is 9.64. The monoisotopic (exact) mass is 882 g/mol. The van der Waals surface area contributed by atoms with E-state index in [9.17, 15) is 0 Å². The van der Waals surface area contributed by atoms with Gasteiger partial charge in [-0.3, -0.25) is 0 Å². The predicted molar refractivity (Wildman–Crippen MR) is 287 cm³/mol. The Labute approximate surface area is 402 Å². The lowest BCUT2D eigenvalue weighted by atomic mass is 9.72. The fourth-order valence-corrected chi connectivity index (χ4v) is 14.4. The minimum atomic E-state index is -0.346. The number of anilines is 3. The van der Waals surface area contributed by atoms with Gasteiger partial charge in [-0.25, -0.2) is 0 Å². The van der Waals surface area contributed by atoms with Crippen LogP contribution in [0.25, 0.3) is 60.5 Å². The van der Waals surface area contributed by atoms with Gasteiger partial charge >= 0.3 is 0 Å². The van der Waals surface area contributed by atoms with Crippen molar-refractivity contribution in [2.45, 2.75) is 126 Å². The van der Waals surface area contributed by atoms with Crippen molar-refractivity contribution in [3.8, 4) is 27.9 Å². The van der Waals surface area contributed by atoms with Crippen LogP contribution in [-0.4, -0.2) is 4.57 Å². The zero-order chi connectivity index (χ0) is 44.9.